The Balaban J connectivity index is 0.00000144. The van der Waals surface area contributed by atoms with Crippen molar-refractivity contribution in [2.45, 2.75) is 52.5 Å². The van der Waals surface area contributed by atoms with Gasteiger partial charge in [-0.3, -0.25) is 4.90 Å². The molecule has 2 nitrogen and oxygen atoms in total. The Morgan fingerprint density at radius 3 is 2.29 bits per heavy atom. The molecule has 1 unspecified atom stereocenters. The van der Waals surface area contributed by atoms with Gasteiger partial charge in [0.1, 0.15) is 0 Å². The second-order valence-corrected chi connectivity index (χ2v) is 6.68. The topological polar surface area (TPSA) is 15.3 Å². The zero-order chi connectivity index (χ0) is 11.6. The van der Waals surface area contributed by atoms with Gasteiger partial charge in [-0.15, -0.1) is 12.4 Å². The standard InChI is InChI=1S/C14H28N2.ClH/c1-14(2,3)12-5-4-10-16(11-12)13-6-8-15-9-7-13;/h12-13,15H,4-11H2,1-3H3;1H. The molecule has 2 rings (SSSR count). The maximum atomic E-state index is 3.47. The van der Waals surface area contributed by atoms with Gasteiger partial charge in [0.05, 0.1) is 0 Å². The fraction of sp³-hybridized carbons (Fsp3) is 1.00. The maximum absolute atomic E-state index is 3.47. The van der Waals surface area contributed by atoms with E-state index < -0.39 is 0 Å². The SMILES string of the molecule is CC(C)(C)C1CCCN(C2CCNCC2)C1.Cl. The number of piperidine rings is 2. The fourth-order valence-electron chi connectivity index (χ4n) is 3.22. The summed E-state index contributed by atoms with van der Waals surface area (Å²) in [4.78, 5) is 2.78. The van der Waals surface area contributed by atoms with Crippen molar-refractivity contribution in [3.63, 3.8) is 0 Å². The molecule has 1 atom stereocenters. The Morgan fingerprint density at radius 2 is 1.71 bits per heavy atom. The third-order valence-corrected chi connectivity index (χ3v) is 4.50. The number of likely N-dealkylation sites (tertiary alicyclic amines) is 1. The highest BCUT2D eigenvalue weighted by molar-refractivity contribution is 5.85. The Hall–Kier alpha value is 0.210. The summed E-state index contributed by atoms with van der Waals surface area (Å²) in [7, 11) is 0. The lowest BCUT2D eigenvalue weighted by Crippen LogP contribution is -2.49. The smallest absolute Gasteiger partial charge is 0.0119 e. The van der Waals surface area contributed by atoms with E-state index in [2.05, 4.69) is 31.0 Å². The van der Waals surface area contributed by atoms with Crippen molar-refractivity contribution in [2.24, 2.45) is 11.3 Å². The summed E-state index contributed by atoms with van der Waals surface area (Å²) in [6, 6.07) is 0.867. The monoisotopic (exact) mass is 260 g/mol. The van der Waals surface area contributed by atoms with E-state index in [1.165, 1.54) is 51.9 Å². The van der Waals surface area contributed by atoms with Gasteiger partial charge in [-0.1, -0.05) is 20.8 Å². The van der Waals surface area contributed by atoms with Crippen LogP contribution in [0.15, 0.2) is 0 Å². The molecule has 3 heteroatoms. The predicted molar refractivity (Wildman–Crippen MR) is 76.9 cm³/mol. The molecule has 0 amide bonds. The third-order valence-electron chi connectivity index (χ3n) is 4.50. The van der Waals surface area contributed by atoms with Crippen LogP contribution in [-0.2, 0) is 0 Å². The minimum atomic E-state index is 0. The highest BCUT2D eigenvalue weighted by atomic mass is 35.5. The molecule has 17 heavy (non-hydrogen) atoms. The van der Waals surface area contributed by atoms with Crippen molar-refractivity contribution in [1.82, 2.24) is 10.2 Å². The Morgan fingerprint density at radius 1 is 1.06 bits per heavy atom. The molecule has 0 aromatic rings. The van der Waals surface area contributed by atoms with E-state index >= 15 is 0 Å². The van der Waals surface area contributed by atoms with Gasteiger partial charge in [0.15, 0.2) is 0 Å². The van der Waals surface area contributed by atoms with Crippen molar-refractivity contribution in [1.29, 1.82) is 0 Å². The van der Waals surface area contributed by atoms with Crippen molar-refractivity contribution in [3.05, 3.63) is 0 Å². The van der Waals surface area contributed by atoms with Gasteiger partial charge in [-0.2, -0.15) is 0 Å². The van der Waals surface area contributed by atoms with E-state index in [9.17, 15) is 0 Å². The number of nitrogens with zero attached hydrogens (tertiary/aromatic N) is 1. The van der Waals surface area contributed by atoms with Crippen molar-refractivity contribution < 1.29 is 0 Å². The quantitative estimate of drug-likeness (QED) is 0.780. The van der Waals surface area contributed by atoms with Crippen LogP contribution in [0.1, 0.15) is 46.5 Å². The lowest BCUT2D eigenvalue weighted by Gasteiger charge is -2.44. The van der Waals surface area contributed by atoms with Crippen LogP contribution in [0.4, 0.5) is 0 Å². The Labute approximate surface area is 113 Å². The van der Waals surface area contributed by atoms with E-state index in [0.717, 1.165) is 12.0 Å². The molecule has 2 fully saturated rings. The highest BCUT2D eigenvalue weighted by Crippen LogP contribution is 2.34. The van der Waals surface area contributed by atoms with Crippen molar-refractivity contribution in [2.75, 3.05) is 26.2 Å². The molecule has 0 saturated carbocycles. The molecule has 0 aromatic carbocycles. The van der Waals surface area contributed by atoms with E-state index in [-0.39, 0.29) is 12.4 Å². The number of hydrogen-bond acceptors (Lipinski definition) is 2. The van der Waals surface area contributed by atoms with Gasteiger partial charge < -0.3 is 5.32 Å². The Kier molecular flexibility index (Phi) is 5.75. The summed E-state index contributed by atoms with van der Waals surface area (Å²) in [6.07, 6.45) is 5.56. The molecule has 0 spiro atoms. The molecule has 102 valence electrons. The van der Waals surface area contributed by atoms with E-state index in [4.69, 9.17) is 0 Å². The molecule has 2 aliphatic rings. The molecule has 1 N–H and O–H groups in total. The summed E-state index contributed by atoms with van der Waals surface area (Å²) < 4.78 is 0. The van der Waals surface area contributed by atoms with Crippen molar-refractivity contribution in [3.8, 4) is 0 Å². The number of nitrogens with one attached hydrogen (secondary N) is 1. The van der Waals surface area contributed by atoms with Gasteiger partial charge >= 0.3 is 0 Å². The average molecular weight is 261 g/mol. The van der Waals surface area contributed by atoms with Gasteiger partial charge in [0.25, 0.3) is 0 Å². The van der Waals surface area contributed by atoms with Gasteiger partial charge in [-0.05, 0) is 56.7 Å². The zero-order valence-electron chi connectivity index (χ0n) is 11.7. The summed E-state index contributed by atoms with van der Waals surface area (Å²) in [5, 5.41) is 3.47. The lowest BCUT2D eigenvalue weighted by molar-refractivity contribution is 0.0570. The Bertz CT molecular complexity index is 219. The number of halogens is 1. The summed E-state index contributed by atoms with van der Waals surface area (Å²) in [5.74, 6) is 0.899. The molecule has 0 aliphatic carbocycles. The first kappa shape index (κ1) is 15.3. The van der Waals surface area contributed by atoms with Crippen LogP contribution >= 0.6 is 12.4 Å². The predicted octanol–water partition coefficient (Wildman–Crippen LogP) is 2.92. The fourth-order valence-corrected chi connectivity index (χ4v) is 3.22. The first-order valence-corrected chi connectivity index (χ1v) is 7.02. The largest absolute Gasteiger partial charge is 0.317 e. The summed E-state index contributed by atoms with van der Waals surface area (Å²) >= 11 is 0. The van der Waals surface area contributed by atoms with Crippen LogP contribution in [-0.4, -0.2) is 37.1 Å². The summed E-state index contributed by atoms with van der Waals surface area (Å²) in [6.45, 7) is 12.4. The molecule has 2 heterocycles. The second kappa shape index (κ2) is 6.40. The highest BCUT2D eigenvalue weighted by Gasteiger charge is 2.32. The molecular formula is C14H29ClN2. The van der Waals surface area contributed by atoms with E-state index in [1.54, 1.807) is 0 Å². The molecule has 0 aromatic heterocycles. The second-order valence-electron chi connectivity index (χ2n) is 6.68. The first-order chi connectivity index (χ1) is 7.57. The van der Waals surface area contributed by atoms with Crippen LogP contribution in [0.5, 0.6) is 0 Å². The first-order valence-electron chi connectivity index (χ1n) is 7.02. The van der Waals surface area contributed by atoms with Crippen LogP contribution in [0.25, 0.3) is 0 Å². The molecule has 2 aliphatic heterocycles. The van der Waals surface area contributed by atoms with Gasteiger partial charge in [0, 0.05) is 12.6 Å². The molecule has 2 saturated heterocycles. The minimum absolute atomic E-state index is 0. The van der Waals surface area contributed by atoms with Crippen LogP contribution < -0.4 is 5.32 Å². The minimum Gasteiger partial charge on any atom is -0.317 e. The third kappa shape index (κ3) is 4.11. The van der Waals surface area contributed by atoms with Crippen LogP contribution in [0, 0.1) is 11.3 Å². The van der Waals surface area contributed by atoms with E-state index in [1.807, 2.05) is 0 Å². The maximum Gasteiger partial charge on any atom is 0.0119 e. The van der Waals surface area contributed by atoms with E-state index in [0.29, 0.717) is 5.41 Å². The molecule has 0 radical (unpaired) electrons. The lowest BCUT2D eigenvalue weighted by atomic mass is 9.76. The average Bonchev–Trinajstić information content (AvgIpc) is 2.29. The van der Waals surface area contributed by atoms with Crippen LogP contribution in [0.2, 0.25) is 0 Å². The molecule has 0 bridgehead atoms. The number of rotatable bonds is 1. The number of hydrogen-bond donors (Lipinski definition) is 1. The normalized spacial score (nSPS) is 28.8. The van der Waals surface area contributed by atoms with Crippen molar-refractivity contribution >= 4 is 12.4 Å². The van der Waals surface area contributed by atoms with Gasteiger partial charge in [0.2, 0.25) is 0 Å². The van der Waals surface area contributed by atoms with Crippen LogP contribution in [0.3, 0.4) is 0 Å². The van der Waals surface area contributed by atoms with Gasteiger partial charge in [-0.25, -0.2) is 0 Å². The zero-order valence-corrected chi connectivity index (χ0v) is 12.5. The summed E-state index contributed by atoms with van der Waals surface area (Å²) in [5.41, 5.74) is 0.492. The molecular weight excluding hydrogens is 232 g/mol.